The van der Waals surface area contributed by atoms with Gasteiger partial charge >= 0.3 is 5.97 Å². The number of hydrogen-bond donors (Lipinski definition) is 0. The van der Waals surface area contributed by atoms with Gasteiger partial charge in [-0.15, -0.1) is 0 Å². The molecule has 0 N–H and O–H groups in total. The van der Waals surface area contributed by atoms with E-state index in [-0.39, 0.29) is 24.7 Å². The van der Waals surface area contributed by atoms with Crippen molar-refractivity contribution in [3.05, 3.63) is 0 Å². The molecule has 0 unspecified atom stereocenters. The molecule has 90 valence electrons. The van der Waals surface area contributed by atoms with Crippen LogP contribution in [0.3, 0.4) is 0 Å². The van der Waals surface area contributed by atoms with Gasteiger partial charge in [-0.05, 0) is 6.42 Å². The Morgan fingerprint density at radius 3 is 2.62 bits per heavy atom. The molecule has 0 radical (unpaired) electrons. The third kappa shape index (κ3) is 6.99. The molecule has 4 nitrogen and oxygen atoms in total. The molecule has 0 aromatic heterocycles. The van der Waals surface area contributed by atoms with Crippen LogP contribution in [0.5, 0.6) is 0 Å². The molecule has 0 aromatic carbocycles. The molecular formula is C12H19NO3. The monoisotopic (exact) mass is 225 g/mol. The molecule has 0 saturated heterocycles. The first-order valence-electron chi connectivity index (χ1n) is 5.67. The zero-order chi connectivity index (χ0) is 12.4. The van der Waals surface area contributed by atoms with Gasteiger partial charge in [0.1, 0.15) is 11.9 Å². The first kappa shape index (κ1) is 14.6. The number of esters is 1. The van der Waals surface area contributed by atoms with Crippen LogP contribution >= 0.6 is 0 Å². The Balaban J connectivity index is 3.78. The Bertz CT molecular complexity index is 268. The molecule has 16 heavy (non-hydrogen) atoms. The zero-order valence-corrected chi connectivity index (χ0v) is 9.99. The number of ketones is 1. The summed E-state index contributed by atoms with van der Waals surface area (Å²) in [5.74, 6) is -0.678. The molecule has 4 heteroatoms. The molecule has 0 amide bonds. The van der Waals surface area contributed by atoms with Gasteiger partial charge in [0.25, 0.3) is 0 Å². The summed E-state index contributed by atoms with van der Waals surface area (Å²) in [5.41, 5.74) is 0. The van der Waals surface area contributed by atoms with Crippen LogP contribution in [0, 0.1) is 17.2 Å². The number of ether oxygens (including phenoxy) is 1. The van der Waals surface area contributed by atoms with Crippen LogP contribution in [0.4, 0.5) is 0 Å². The maximum absolute atomic E-state index is 11.6. The van der Waals surface area contributed by atoms with Crippen molar-refractivity contribution in [3.63, 3.8) is 0 Å². The fourth-order valence-corrected chi connectivity index (χ4v) is 1.33. The van der Waals surface area contributed by atoms with Gasteiger partial charge in [-0.25, -0.2) is 0 Å². The molecule has 1 atom stereocenters. The predicted octanol–water partition coefficient (Wildman–Crippen LogP) is 2.23. The van der Waals surface area contributed by atoms with E-state index in [1.165, 1.54) is 0 Å². The summed E-state index contributed by atoms with van der Waals surface area (Å²) in [5, 5.41) is 8.21. The minimum absolute atomic E-state index is 0.0760. The normalized spacial score (nSPS) is 11.6. The zero-order valence-electron chi connectivity index (χ0n) is 9.99. The molecular weight excluding hydrogens is 206 g/mol. The SMILES string of the molecule is CCCCCC(=O)[C@H](C)CC(=O)OCC#N. The van der Waals surface area contributed by atoms with Crippen LogP contribution < -0.4 is 0 Å². The largest absolute Gasteiger partial charge is 0.450 e. The van der Waals surface area contributed by atoms with Gasteiger partial charge in [-0.2, -0.15) is 5.26 Å². The van der Waals surface area contributed by atoms with E-state index in [2.05, 4.69) is 11.7 Å². The van der Waals surface area contributed by atoms with Crippen LogP contribution in [-0.2, 0) is 14.3 Å². The summed E-state index contributed by atoms with van der Waals surface area (Å²) in [6.45, 7) is 3.56. The molecule has 0 bridgehead atoms. The second kappa shape index (κ2) is 8.90. The van der Waals surface area contributed by atoms with Gasteiger partial charge in [-0.3, -0.25) is 9.59 Å². The number of Topliss-reactive ketones (excluding diaryl/α,β-unsaturated/α-hetero) is 1. The van der Waals surface area contributed by atoms with E-state index in [1.54, 1.807) is 13.0 Å². The molecule has 0 aliphatic heterocycles. The highest BCUT2D eigenvalue weighted by Gasteiger charge is 2.17. The van der Waals surface area contributed by atoms with E-state index >= 15 is 0 Å². The summed E-state index contributed by atoms with van der Waals surface area (Å²) in [4.78, 5) is 22.7. The highest BCUT2D eigenvalue weighted by atomic mass is 16.5. The van der Waals surface area contributed by atoms with Gasteiger partial charge < -0.3 is 4.74 Å². The van der Waals surface area contributed by atoms with Crippen molar-refractivity contribution in [2.75, 3.05) is 6.61 Å². The number of rotatable bonds is 8. The molecule has 0 aromatic rings. The molecule has 0 spiro atoms. The molecule has 0 rings (SSSR count). The van der Waals surface area contributed by atoms with Gasteiger partial charge in [0.2, 0.25) is 0 Å². The van der Waals surface area contributed by atoms with E-state index in [1.807, 2.05) is 0 Å². The smallest absolute Gasteiger partial charge is 0.307 e. The summed E-state index contributed by atoms with van der Waals surface area (Å²) in [6.07, 6.45) is 3.60. The minimum Gasteiger partial charge on any atom is -0.450 e. The fourth-order valence-electron chi connectivity index (χ4n) is 1.33. The summed E-state index contributed by atoms with van der Waals surface area (Å²) >= 11 is 0. The third-order valence-electron chi connectivity index (χ3n) is 2.35. The quantitative estimate of drug-likeness (QED) is 0.469. The van der Waals surface area contributed by atoms with Crippen LogP contribution in [-0.4, -0.2) is 18.4 Å². The van der Waals surface area contributed by atoms with E-state index in [0.29, 0.717) is 6.42 Å². The average molecular weight is 225 g/mol. The van der Waals surface area contributed by atoms with Crippen molar-refractivity contribution in [1.82, 2.24) is 0 Å². The first-order chi connectivity index (χ1) is 7.61. The van der Waals surface area contributed by atoms with Crippen molar-refractivity contribution < 1.29 is 14.3 Å². The maximum atomic E-state index is 11.6. The van der Waals surface area contributed by atoms with Crippen molar-refractivity contribution >= 4 is 11.8 Å². The maximum Gasteiger partial charge on any atom is 0.307 e. The lowest BCUT2D eigenvalue weighted by Gasteiger charge is -2.08. The fraction of sp³-hybridized carbons (Fsp3) is 0.750. The lowest BCUT2D eigenvalue weighted by atomic mass is 9.98. The lowest BCUT2D eigenvalue weighted by Crippen LogP contribution is -2.17. The molecule has 0 aliphatic rings. The lowest BCUT2D eigenvalue weighted by molar-refractivity contribution is -0.145. The second-order valence-corrected chi connectivity index (χ2v) is 3.85. The Kier molecular flexibility index (Phi) is 8.14. The van der Waals surface area contributed by atoms with Crippen molar-refractivity contribution in [2.24, 2.45) is 5.92 Å². The highest BCUT2D eigenvalue weighted by Crippen LogP contribution is 2.10. The van der Waals surface area contributed by atoms with Crippen LogP contribution in [0.1, 0.15) is 46.0 Å². The average Bonchev–Trinajstić information content (AvgIpc) is 2.26. The Morgan fingerprint density at radius 2 is 2.06 bits per heavy atom. The number of carbonyl (C=O) groups excluding carboxylic acids is 2. The molecule has 0 saturated carbocycles. The van der Waals surface area contributed by atoms with E-state index in [9.17, 15) is 9.59 Å². The standard InChI is InChI=1S/C12H19NO3/c1-3-4-5-6-11(14)10(2)9-12(15)16-8-7-13/h10H,3-6,8-9H2,1-2H3/t10-/m1/s1. The van der Waals surface area contributed by atoms with Gasteiger partial charge in [0.15, 0.2) is 6.61 Å². The van der Waals surface area contributed by atoms with Crippen LogP contribution in [0.2, 0.25) is 0 Å². The van der Waals surface area contributed by atoms with Crippen LogP contribution in [0.15, 0.2) is 0 Å². The topological polar surface area (TPSA) is 67.2 Å². The minimum atomic E-state index is -0.474. The molecule has 0 fully saturated rings. The van der Waals surface area contributed by atoms with E-state index < -0.39 is 5.97 Å². The Labute approximate surface area is 96.6 Å². The van der Waals surface area contributed by atoms with Gasteiger partial charge in [0.05, 0.1) is 6.42 Å². The van der Waals surface area contributed by atoms with Crippen molar-refractivity contribution in [2.45, 2.75) is 46.0 Å². The van der Waals surface area contributed by atoms with Gasteiger partial charge in [-0.1, -0.05) is 26.7 Å². The number of nitrogens with zero attached hydrogens (tertiary/aromatic N) is 1. The molecule has 0 heterocycles. The number of carbonyl (C=O) groups is 2. The Morgan fingerprint density at radius 1 is 1.38 bits per heavy atom. The van der Waals surface area contributed by atoms with Crippen LogP contribution in [0.25, 0.3) is 0 Å². The van der Waals surface area contributed by atoms with E-state index in [0.717, 1.165) is 19.3 Å². The van der Waals surface area contributed by atoms with Crippen molar-refractivity contribution in [3.8, 4) is 6.07 Å². The van der Waals surface area contributed by atoms with E-state index in [4.69, 9.17) is 5.26 Å². The number of hydrogen-bond acceptors (Lipinski definition) is 4. The van der Waals surface area contributed by atoms with Gasteiger partial charge in [0, 0.05) is 12.3 Å². The second-order valence-electron chi connectivity index (χ2n) is 3.85. The predicted molar refractivity (Wildman–Crippen MR) is 59.5 cm³/mol. The highest BCUT2D eigenvalue weighted by molar-refractivity contribution is 5.85. The third-order valence-corrected chi connectivity index (χ3v) is 2.35. The van der Waals surface area contributed by atoms with Crippen molar-refractivity contribution in [1.29, 1.82) is 5.26 Å². The summed E-state index contributed by atoms with van der Waals surface area (Å²) < 4.78 is 4.59. The summed E-state index contributed by atoms with van der Waals surface area (Å²) in [7, 11) is 0. The molecule has 0 aliphatic carbocycles. The summed E-state index contributed by atoms with van der Waals surface area (Å²) in [6, 6.07) is 1.71. The Hall–Kier alpha value is -1.37. The first-order valence-corrected chi connectivity index (χ1v) is 5.67. The number of nitriles is 1. The number of unbranched alkanes of at least 4 members (excludes halogenated alkanes) is 2.